The molecule has 6 nitrogen and oxygen atoms in total. The highest BCUT2D eigenvalue weighted by Crippen LogP contribution is 2.19. The van der Waals surface area contributed by atoms with Gasteiger partial charge < -0.3 is 14.2 Å². The number of ether oxygens (including phenoxy) is 1. The molecule has 0 aliphatic rings. The highest BCUT2D eigenvalue weighted by Gasteiger charge is 2.32. The first kappa shape index (κ1) is 18.7. The summed E-state index contributed by atoms with van der Waals surface area (Å²) in [5.41, 5.74) is 1.97. The third-order valence-corrected chi connectivity index (χ3v) is 4.10. The molecular weight excluding hydrogens is 320 g/mol. The van der Waals surface area contributed by atoms with E-state index in [1.54, 1.807) is 20.9 Å². The van der Waals surface area contributed by atoms with Crippen LogP contribution in [-0.2, 0) is 22.4 Å². The molecule has 0 saturated heterocycles. The molecule has 1 aromatic heterocycles. The molecule has 0 aliphatic heterocycles. The Bertz CT molecular complexity index is 724. The van der Waals surface area contributed by atoms with E-state index in [1.165, 1.54) is 4.90 Å². The standard InChI is InChI=1S/C19H24N2O4/c1-5-15-17(13(3)25-20-15)18(22)21(4)16(19(23)24-6-2)12-14-10-8-7-9-11-14/h7-11,16H,5-6,12H2,1-4H3. The van der Waals surface area contributed by atoms with Crippen molar-refractivity contribution < 1.29 is 18.8 Å². The van der Waals surface area contributed by atoms with Gasteiger partial charge in [0.15, 0.2) is 0 Å². The second kappa shape index (κ2) is 8.46. The molecule has 2 aromatic rings. The van der Waals surface area contributed by atoms with E-state index in [0.717, 1.165) is 5.56 Å². The number of aromatic nitrogens is 1. The molecular formula is C19H24N2O4. The Labute approximate surface area is 147 Å². The molecule has 1 amide bonds. The molecule has 1 heterocycles. The van der Waals surface area contributed by atoms with Crippen molar-refractivity contribution in [3.8, 4) is 0 Å². The van der Waals surface area contributed by atoms with Gasteiger partial charge in [0.1, 0.15) is 17.4 Å². The number of carbonyl (C=O) groups is 2. The molecule has 0 radical (unpaired) electrons. The minimum Gasteiger partial charge on any atom is -0.464 e. The maximum atomic E-state index is 13.0. The lowest BCUT2D eigenvalue weighted by Crippen LogP contribution is -2.45. The summed E-state index contributed by atoms with van der Waals surface area (Å²) in [4.78, 5) is 26.8. The predicted octanol–water partition coefficient (Wildman–Crippen LogP) is 2.79. The van der Waals surface area contributed by atoms with Crippen LogP contribution in [0.5, 0.6) is 0 Å². The van der Waals surface area contributed by atoms with E-state index >= 15 is 0 Å². The number of aryl methyl sites for hydroxylation is 2. The number of likely N-dealkylation sites (N-methyl/N-ethyl adjacent to an activating group) is 1. The SMILES string of the molecule is CCOC(=O)C(Cc1ccccc1)N(C)C(=O)c1c(CC)noc1C. The topological polar surface area (TPSA) is 72.6 Å². The molecule has 1 atom stereocenters. The molecule has 0 N–H and O–H groups in total. The average Bonchev–Trinajstić information content (AvgIpc) is 3.00. The van der Waals surface area contributed by atoms with Gasteiger partial charge in [-0.1, -0.05) is 42.4 Å². The van der Waals surface area contributed by atoms with Crippen molar-refractivity contribution in [2.24, 2.45) is 0 Å². The van der Waals surface area contributed by atoms with Crippen molar-refractivity contribution in [2.45, 2.75) is 39.7 Å². The Hall–Kier alpha value is -2.63. The lowest BCUT2D eigenvalue weighted by Gasteiger charge is -2.26. The number of benzene rings is 1. The van der Waals surface area contributed by atoms with Crippen LogP contribution in [0, 0.1) is 6.92 Å². The number of hydrogen-bond donors (Lipinski definition) is 0. The summed E-state index contributed by atoms with van der Waals surface area (Å²) in [6.45, 7) is 5.61. The summed E-state index contributed by atoms with van der Waals surface area (Å²) in [5, 5.41) is 3.92. The molecule has 2 rings (SSSR count). The van der Waals surface area contributed by atoms with E-state index in [1.807, 2.05) is 37.3 Å². The maximum Gasteiger partial charge on any atom is 0.329 e. The Balaban J connectivity index is 2.30. The zero-order valence-electron chi connectivity index (χ0n) is 15.1. The molecule has 0 bridgehead atoms. The molecule has 0 aliphatic carbocycles. The molecule has 0 fully saturated rings. The molecule has 6 heteroatoms. The minimum absolute atomic E-state index is 0.263. The molecule has 1 aromatic carbocycles. The summed E-state index contributed by atoms with van der Waals surface area (Å²) >= 11 is 0. The van der Waals surface area contributed by atoms with Crippen molar-refractivity contribution in [3.63, 3.8) is 0 Å². The van der Waals surface area contributed by atoms with Crippen LogP contribution in [0.3, 0.4) is 0 Å². The first-order valence-corrected chi connectivity index (χ1v) is 8.42. The Morgan fingerprint density at radius 2 is 1.92 bits per heavy atom. The highest BCUT2D eigenvalue weighted by molar-refractivity contribution is 5.98. The van der Waals surface area contributed by atoms with Gasteiger partial charge in [-0.15, -0.1) is 0 Å². The fourth-order valence-electron chi connectivity index (χ4n) is 2.71. The van der Waals surface area contributed by atoms with Gasteiger partial charge in [-0.3, -0.25) is 4.79 Å². The molecule has 25 heavy (non-hydrogen) atoms. The van der Waals surface area contributed by atoms with Crippen LogP contribution in [-0.4, -0.2) is 41.6 Å². The first-order chi connectivity index (χ1) is 12.0. The van der Waals surface area contributed by atoms with Crippen LogP contribution in [0.4, 0.5) is 0 Å². The normalized spacial score (nSPS) is 11.8. The lowest BCUT2D eigenvalue weighted by molar-refractivity contribution is -0.148. The molecule has 0 spiro atoms. The van der Waals surface area contributed by atoms with E-state index < -0.39 is 12.0 Å². The monoisotopic (exact) mass is 344 g/mol. The zero-order valence-corrected chi connectivity index (χ0v) is 15.1. The molecule has 134 valence electrons. The maximum absolute atomic E-state index is 13.0. The third-order valence-electron chi connectivity index (χ3n) is 4.10. The van der Waals surface area contributed by atoms with Crippen molar-refractivity contribution in [3.05, 3.63) is 52.9 Å². The van der Waals surface area contributed by atoms with Gasteiger partial charge in [0.2, 0.25) is 0 Å². The van der Waals surface area contributed by atoms with Crippen LogP contribution >= 0.6 is 0 Å². The summed E-state index contributed by atoms with van der Waals surface area (Å²) < 4.78 is 10.3. The fourth-order valence-corrected chi connectivity index (χ4v) is 2.71. The summed E-state index contributed by atoms with van der Waals surface area (Å²) in [5.74, 6) is -0.255. The quantitative estimate of drug-likeness (QED) is 0.722. The van der Waals surface area contributed by atoms with Gasteiger partial charge in [-0.2, -0.15) is 0 Å². The number of hydrogen-bond acceptors (Lipinski definition) is 5. The van der Waals surface area contributed by atoms with Crippen LogP contribution in [0.2, 0.25) is 0 Å². The average molecular weight is 344 g/mol. The Morgan fingerprint density at radius 3 is 2.52 bits per heavy atom. The Kier molecular flexibility index (Phi) is 6.33. The van der Waals surface area contributed by atoms with Gasteiger partial charge in [0.05, 0.1) is 12.3 Å². The van der Waals surface area contributed by atoms with E-state index in [0.29, 0.717) is 29.9 Å². The first-order valence-electron chi connectivity index (χ1n) is 8.42. The second-order valence-corrected chi connectivity index (χ2v) is 5.79. The number of amides is 1. The number of rotatable bonds is 7. The largest absolute Gasteiger partial charge is 0.464 e. The van der Waals surface area contributed by atoms with Gasteiger partial charge in [0, 0.05) is 13.5 Å². The van der Waals surface area contributed by atoms with Crippen molar-refractivity contribution >= 4 is 11.9 Å². The summed E-state index contributed by atoms with van der Waals surface area (Å²) in [7, 11) is 1.61. The van der Waals surface area contributed by atoms with Crippen molar-refractivity contribution in [1.29, 1.82) is 0 Å². The van der Waals surface area contributed by atoms with Gasteiger partial charge >= 0.3 is 5.97 Å². The summed E-state index contributed by atoms with van der Waals surface area (Å²) in [6.07, 6.45) is 0.961. The number of carbonyl (C=O) groups excluding carboxylic acids is 2. The molecule has 0 saturated carbocycles. The van der Waals surface area contributed by atoms with Crippen LogP contribution in [0.1, 0.15) is 41.2 Å². The highest BCUT2D eigenvalue weighted by atomic mass is 16.5. The van der Waals surface area contributed by atoms with Gasteiger partial charge in [-0.25, -0.2) is 4.79 Å². The fraction of sp³-hybridized carbons (Fsp3) is 0.421. The van der Waals surface area contributed by atoms with Crippen molar-refractivity contribution in [2.75, 3.05) is 13.7 Å². The number of esters is 1. The third kappa shape index (κ3) is 4.26. The van der Waals surface area contributed by atoms with Crippen LogP contribution in [0.25, 0.3) is 0 Å². The van der Waals surface area contributed by atoms with E-state index in [-0.39, 0.29) is 12.5 Å². The zero-order chi connectivity index (χ0) is 18.4. The predicted molar refractivity (Wildman–Crippen MR) is 93.3 cm³/mol. The van der Waals surface area contributed by atoms with Crippen LogP contribution < -0.4 is 0 Å². The van der Waals surface area contributed by atoms with E-state index in [2.05, 4.69) is 5.16 Å². The van der Waals surface area contributed by atoms with Crippen LogP contribution in [0.15, 0.2) is 34.9 Å². The van der Waals surface area contributed by atoms with Crippen molar-refractivity contribution in [1.82, 2.24) is 10.1 Å². The van der Waals surface area contributed by atoms with E-state index in [9.17, 15) is 9.59 Å². The van der Waals surface area contributed by atoms with Gasteiger partial charge in [-0.05, 0) is 25.8 Å². The number of nitrogens with zero attached hydrogens (tertiary/aromatic N) is 2. The van der Waals surface area contributed by atoms with Gasteiger partial charge in [0.25, 0.3) is 5.91 Å². The summed E-state index contributed by atoms with van der Waals surface area (Å²) in [6, 6.07) is 8.84. The lowest BCUT2D eigenvalue weighted by atomic mass is 10.0. The molecule has 1 unspecified atom stereocenters. The Morgan fingerprint density at radius 1 is 1.24 bits per heavy atom. The minimum atomic E-state index is -0.714. The second-order valence-electron chi connectivity index (χ2n) is 5.79. The smallest absolute Gasteiger partial charge is 0.329 e. The van der Waals surface area contributed by atoms with E-state index in [4.69, 9.17) is 9.26 Å².